The fourth-order valence-corrected chi connectivity index (χ4v) is 5.21. The highest BCUT2D eigenvalue weighted by atomic mass is 16.2. The molecule has 0 spiro atoms. The lowest BCUT2D eigenvalue weighted by Crippen LogP contribution is -2.45. The van der Waals surface area contributed by atoms with Gasteiger partial charge in [-0.1, -0.05) is 24.3 Å². The first-order valence-corrected chi connectivity index (χ1v) is 13.4. The number of rotatable bonds is 6. The van der Waals surface area contributed by atoms with Crippen molar-refractivity contribution in [3.8, 4) is 11.1 Å². The van der Waals surface area contributed by atoms with Crippen molar-refractivity contribution >= 4 is 29.1 Å². The molecule has 0 aliphatic carbocycles. The van der Waals surface area contributed by atoms with E-state index in [4.69, 9.17) is 5.73 Å². The SMILES string of the molecule is CN1CCN(c2ccnc(C(=O)N3CCC[C@H](C(=O)Nc4cccc(-c5cccc(C(N)=O)c5)c4)C3)c2)CC1. The molecule has 0 radical (unpaired) electrons. The maximum absolute atomic E-state index is 13.4. The molecule has 9 nitrogen and oxygen atoms in total. The molecule has 9 heteroatoms. The lowest BCUT2D eigenvalue weighted by Gasteiger charge is -2.34. The van der Waals surface area contributed by atoms with E-state index in [1.54, 1.807) is 29.3 Å². The fraction of sp³-hybridized carbons (Fsp3) is 0.333. The summed E-state index contributed by atoms with van der Waals surface area (Å²) in [6, 6.07) is 18.4. The number of primary amides is 1. The van der Waals surface area contributed by atoms with Crippen LogP contribution in [0.25, 0.3) is 11.1 Å². The Bertz CT molecular complexity index is 1370. The standard InChI is InChI=1S/C30H34N6O3/c1-34-13-15-35(16-14-34)26-10-11-32-27(19-26)30(39)36-12-4-8-24(20-36)29(38)33-25-9-3-6-22(18-25)21-5-2-7-23(17-21)28(31)37/h2-3,5-7,9-11,17-19,24H,4,8,12-16,20H2,1H3,(H2,31,37)(H,33,38)/t24-/m0/s1. The zero-order valence-corrected chi connectivity index (χ0v) is 22.2. The lowest BCUT2D eigenvalue weighted by molar-refractivity contribution is -0.121. The van der Waals surface area contributed by atoms with E-state index >= 15 is 0 Å². The topological polar surface area (TPSA) is 112 Å². The van der Waals surface area contributed by atoms with Gasteiger partial charge in [0.05, 0.1) is 5.92 Å². The summed E-state index contributed by atoms with van der Waals surface area (Å²) in [6.45, 7) is 4.75. The number of nitrogens with two attached hydrogens (primary N) is 1. The molecule has 3 aromatic rings. The van der Waals surface area contributed by atoms with Crippen LogP contribution in [0, 0.1) is 5.92 Å². The number of hydrogen-bond donors (Lipinski definition) is 2. The number of anilines is 2. The Balaban J connectivity index is 1.24. The number of carbonyl (C=O) groups is 3. The zero-order valence-electron chi connectivity index (χ0n) is 22.2. The number of aromatic nitrogens is 1. The van der Waals surface area contributed by atoms with E-state index in [1.165, 1.54) is 0 Å². The highest BCUT2D eigenvalue weighted by Gasteiger charge is 2.30. The minimum atomic E-state index is -0.487. The van der Waals surface area contributed by atoms with Crippen LogP contribution < -0.4 is 16.0 Å². The number of pyridine rings is 1. The maximum Gasteiger partial charge on any atom is 0.272 e. The number of likely N-dealkylation sites (tertiary alicyclic amines) is 1. The minimum absolute atomic E-state index is 0.116. The molecule has 1 atom stereocenters. The summed E-state index contributed by atoms with van der Waals surface area (Å²) >= 11 is 0. The molecule has 3 heterocycles. The molecule has 2 saturated heterocycles. The number of hydrogen-bond acceptors (Lipinski definition) is 6. The van der Waals surface area contributed by atoms with Crippen LogP contribution in [0.1, 0.15) is 33.7 Å². The summed E-state index contributed by atoms with van der Waals surface area (Å²) in [5.74, 6) is -1.06. The summed E-state index contributed by atoms with van der Waals surface area (Å²) in [6.07, 6.45) is 3.16. The van der Waals surface area contributed by atoms with Gasteiger partial charge in [0.1, 0.15) is 5.69 Å². The molecule has 5 rings (SSSR count). The Morgan fingerprint density at radius 3 is 2.44 bits per heavy atom. The van der Waals surface area contributed by atoms with E-state index < -0.39 is 5.91 Å². The molecule has 202 valence electrons. The quantitative estimate of drug-likeness (QED) is 0.511. The number of nitrogens with zero attached hydrogens (tertiary/aromatic N) is 4. The Kier molecular flexibility index (Phi) is 7.88. The smallest absolute Gasteiger partial charge is 0.272 e. The van der Waals surface area contributed by atoms with Gasteiger partial charge < -0.3 is 25.8 Å². The summed E-state index contributed by atoms with van der Waals surface area (Å²) in [5, 5.41) is 3.02. The van der Waals surface area contributed by atoms with Gasteiger partial charge in [-0.25, -0.2) is 0 Å². The predicted molar refractivity (Wildman–Crippen MR) is 152 cm³/mol. The van der Waals surface area contributed by atoms with Gasteiger partial charge in [-0.05, 0) is 67.4 Å². The first-order valence-electron chi connectivity index (χ1n) is 13.4. The van der Waals surface area contributed by atoms with Crippen LogP contribution >= 0.6 is 0 Å². The van der Waals surface area contributed by atoms with E-state index in [0.29, 0.717) is 36.5 Å². The largest absolute Gasteiger partial charge is 0.369 e. The zero-order chi connectivity index (χ0) is 27.4. The number of likely N-dealkylation sites (N-methyl/N-ethyl adjacent to an activating group) is 1. The molecule has 3 N–H and O–H groups in total. The van der Waals surface area contributed by atoms with Crippen LogP contribution in [0.4, 0.5) is 11.4 Å². The maximum atomic E-state index is 13.4. The summed E-state index contributed by atoms with van der Waals surface area (Å²) in [4.78, 5) is 48.8. The Morgan fingerprint density at radius 2 is 1.67 bits per heavy atom. The summed E-state index contributed by atoms with van der Waals surface area (Å²) < 4.78 is 0. The second-order valence-electron chi connectivity index (χ2n) is 10.3. The first-order chi connectivity index (χ1) is 18.9. The highest BCUT2D eigenvalue weighted by molar-refractivity contribution is 5.96. The van der Waals surface area contributed by atoms with Gasteiger partial charge in [0.25, 0.3) is 5.91 Å². The number of carbonyl (C=O) groups excluding carboxylic acids is 3. The van der Waals surface area contributed by atoms with E-state index in [9.17, 15) is 14.4 Å². The lowest BCUT2D eigenvalue weighted by atomic mass is 9.96. The molecular weight excluding hydrogens is 492 g/mol. The predicted octanol–water partition coefficient (Wildman–Crippen LogP) is 3.09. The van der Waals surface area contributed by atoms with Gasteiger partial charge in [-0.2, -0.15) is 0 Å². The van der Waals surface area contributed by atoms with Crippen molar-refractivity contribution in [3.63, 3.8) is 0 Å². The average molecular weight is 527 g/mol. The molecule has 2 aliphatic rings. The Morgan fingerprint density at radius 1 is 0.923 bits per heavy atom. The molecule has 3 amide bonds. The summed E-state index contributed by atoms with van der Waals surface area (Å²) in [7, 11) is 2.11. The van der Waals surface area contributed by atoms with E-state index in [1.807, 2.05) is 42.5 Å². The van der Waals surface area contributed by atoms with Crippen molar-refractivity contribution in [1.82, 2.24) is 14.8 Å². The third kappa shape index (κ3) is 6.26. The van der Waals surface area contributed by atoms with Gasteiger partial charge in [-0.3, -0.25) is 19.4 Å². The van der Waals surface area contributed by atoms with Crippen LogP contribution in [0.3, 0.4) is 0 Å². The molecule has 39 heavy (non-hydrogen) atoms. The number of piperazine rings is 1. The van der Waals surface area contributed by atoms with Gasteiger partial charge in [0.15, 0.2) is 0 Å². The van der Waals surface area contributed by atoms with Crippen molar-refractivity contribution in [2.45, 2.75) is 12.8 Å². The molecule has 0 unspecified atom stereocenters. The fourth-order valence-electron chi connectivity index (χ4n) is 5.21. The first kappa shape index (κ1) is 26.4. The average Bonchev–Trinajstić information content (AvgIpc) is 2.97. The number of piperidine rings is 1. The molecule has 2 aliphatic heterocycles. The second-order valence-corrected chi connectivity index (χ2v) is 10.3. The van der Waals surface area contributed by atoms with E-state index in [0.717, 1.165) is 49.4 Å². The molecule has 0 saturated carbocycles. The molecule has 2 aromatic carbocycles. The molecule has 2 fully saturated rings. The van der Waals surface area contributed by atoms with Crippen molar-refractivity contribution < 1.29 is 14.4 Å². The third-order valence-corrected chi connectivity index (χ3v) is 7.52. The van der Waals surface area contributed by atoms with E-state index in [-0.39, 0.29) is 17.7 Å². The number of amides is 3. The number of nitrogens with one attached hydrogen (secondary N) is 1. The van der Waals surface area contributed by atoms with Gasteiger partial charge in [0.2, 0.25) is 11.8 Å². The van der Waals surface area contributed by atoms with Crippen LogP contribution in [0.15, 0.2) is 66.9 Å². The minimum Gasteiger partial charge on any atom is -0.369 e. The normalized spacial score (nSPS) is 18.0. The summed E-state index contributed by atoms with van der Waals surface area (Å²) in [5.41, 5.74) is 9.63. The third-order valence-electron chi connectivity index (χ3n) is 7.52. The van der Waals surface area contributed by atoms with Gasteiger partial charge in [-0.15, -0.1) is 0 Å². The van der Waals surface area contributed by atoms with Crippen LogP contribution in [-0.2, 0) is 4.79 Å². The van der Waals surface area contributed by atoms with Crippen molar-refractivity contribution in [3.05, 3.63) is 78.1 Å². The molecule has 0 bridgehead atoms. The Labute approximate surface area is 228 Å². The monoisotopic (exact) mass is 526 g/mol. The van der Waals surface area contributed by atoms with Gasteiger partial charge >= 0.3 is 0 Å². The van der Waals surface area contributed by atoms with Crippen molar-refractivity contribution in [2.75, 3.05) is 56.5 Å². The van der Waals surface area contributed by atoms with Crippen LogP contribution in [0.2, 0.25) is 0 Å². The van der Waals surface area contributed by atoms with E-state index in [2.05, 4.69) is 27.1 Å². The number of benzene rings is 2. The van der Waals surface area contributed by atoms with Crippen molar-refractivity contribution in [2.24, 2.45) is 11.7 Å². The van der Waals surface area contributed by atoms with Gasteiger partial charge in [0, 0.05) is 62.4 Å². The highest BCUT2D eigenvalue weighted by Crippen LogP contribution is 2.26. The van der Waals surface area contributed by atoms with Crippen LogP contribution in [-0.4, -0.2) is 78.8 Å². The molecular formula is C30H34N6O3. The second kappa shape index (κ2) is 11.7. The molecule has 1 aromatic heterocycles. The Hall–Kier alpha value is -4.24. The van der Waals surface area contributed by atoms with Crippen LogP contribution in [0.5, 0.6) is 0 Å². The van der Waals surface area contributed by atoms with Crippen molar-refractivity contribution in [1.29, 1.82) is 0 Å².